The van der Waals surface area contributed by atoms with Gasteiger partial charge in [0.2, 0.25) is 9.84 Å². The van der Waals surface area contributed by atoms with E-state index in [1.807, 2.05) is 0 Å². The second-order valence-corrected chi connectivity index (χ2v) is 6.40. The molecule has 0 radical (unpaired) electrons. The lowest BCUT2D eigenvalue weighted by Crippen LogP contribution is -2.03. The lowest BCUT2D eigenvalue weighted by atomic mass is 10.2. The Morgan fingerprint density at radius 2 is 1.58 bits per heavy atom. The first kappa shape index (κ1) is 13.4. The number of hydrogen-bond acceptors (Lipinski definition) is 4. The number of rotatable bonds is 2. The molecule has 0 atom stereocenters. The van der Waals surface area contributed by atoms with Gasteiger partial charge in [0.05, 0.1) is 4.90 Å². The maximum atomic E-state index is 12.4. The third-order valence-electron chi connectivity index (χ3n) is 2.75. The largest absolute Gasteiger partial charge is 0.508 e. The van der Waals surface area contributed by atoms with Crippen molar-refractivity contribution in [1.82, 2.24) is 0 Å². The van der Waals surface area contributed by atoms with Crippen molar-refractivity contribution >= 4 is 9.84 Å². The molecule has 2 aromatic rings. The van der Waals surface area contributed by atoms with E-state index in [1.54, 1.807) is 19.9 Å². The molecule has 0 unspecified atom stereocenters. The zero-order valence-corrected chi connectivity index (χ0v) is 11.4. The highest BCUT2D eigenvalue weighted by Crippen LogP contribution is 2.31. The van der Waals surface area contributed by atoms with Crippen LogP contribution in [0.3, 0.4) is 0 Å². The average molecular weight is 278 g/mol. The Balaban J connectivity index is 2.65. The molecule has 0 spiro atoms. The molecule has 2 N–H and O–H groups in total. The summed E-state index contributed by atoms with van der Waals surface area (Å²) in [5.74, 6) is -0.411. The molecule has 2 aromatic carbocycles. The molecule has 0 aliphatic carbocycles. The zero-order chi connectivity index (χ0) is 14.2. The topological polar surface area (TPSA) is 74.6 Å². The van der Waals surface area contributed by atoms with E-state index in [-0.39, 0.29) is 21.3 Å². The summed E-state index contributed by atoms with van der Waals surface area (Å²) >= 11 is 0. The van der Waals surface area contributed by atoms with Gasteiger partial charge in [-0.05, 0) is 55.3 Å². The molecule has 5 heteroatoms. The van der Waals surface area contributed by atoms with Crippen LogP contribution in [0.1, 0.15) is 11.1 Å². The summed E-state index contributed by atoms with van der Waals surface area (Å²) in [5, 5.41) is 19.3. The van der Waals surface area contributed by atoms with E-state index in [4.69, 9.17) is 0 Å². The van der Waals surface area contributed by atoms with Gasteiger partial charge in [0.15, 0.2) is 0 Å². The molecule has 0 bridgehead atoms. The van der Waals surface area contributed by atoms with Crippen molar-refractivity contribution in [2.75, 3.05) is 0 Å². The van der Waals surface area contributed by atoms with Gasteiger partial charge < -0.3 is 10.2 Å². The summed E-state index contributed by atoms with van der Waals surface area (Å²) in [4.78, 5) is -0.202. The molecule has 100 valence electrons. The fourth-order valence-corrected chi connectivity index (χ4v) is 3.32. The van der Waals surface area contributed by atoms with Crippen LogP contribution in [-0.4, -0.2) is 18.6 Å². The minimum atomic E-state index is -3.84. The Morgan fingerprint density at radius 1 is 0.895 bits per heavy atom. The van der Waals surface area contributed by atoms with Crippen molar-refractivity contribution in [3.05, 3.63) is 47.5 Å². The van der Waals surface area contributed by atoms with Crippen LogP contribution < -0.4 is 0 Å². The Morgan fingerprint density at radius 3 is 2.16 bits per heavy atom. The van der Waals surface area contributed by atoms with Crippen LogP contribution in [0.15, 0.2) is 46.2 Å². The monoisotopic (exact) mass is 278 g/mol. The van der Waals surface area contributed by atoms with Crippen LogP contribution in [0.2, 0.25) is 0 Å². The molecule has 0 aromatic heterocycles. The third kappa shape index (κ3) is 2.56. The molecule has 19 heavy (non-hydrogen) atoms. The third-order valence-corrected chi connectivity index (χ3v) is 4.53. The Hall–Kier alpha value is -2.01. The molecule has 0 saturated carbocycles. The maximum Gasteiger partial charge on any atom is 0.210 e. The predicted molar refractivity (Wildman–Crippen MR) is 71.1 cm³/mol. The van der Waals surface area contributed by atoms with Crippen molar-refractivity contribution < 1.29 is 18.6 Å². The number of phenols is 2. The molecule has 0 aliphatic heterocycles. The van der Waals surface area contributed by atoms with Crippen LogP contribution in [-0.2, 0) is 9.84 Å². The van der Waals surface area contributed by atoms with Gasteiger partial charge in [-0.25, -0.2) is 8.42 Å². The zero-order valence-electron chi connectivity index (χ0n) is 10.6. The van der Waals surface area contributed by atoms with Gasteiger partial charge in [-0.2, -0.15) is 0 Å². The highest BCUT2D eigenvalue weighted by Gasteiger charge is 2.22. The predicted octanol–water partition coefficient (Wildman–Crippen LogP) is 2.55. The molecule has 0 amide bonds. The van der Waals surface area contributed by atoms with Gasteiger partial charge in [-0.1, -0.05) is 6.07 Å². The summed E-state index contributed by atoms with van der Waals surface area (Å²) in [7, 11) is -3.84. The molecule has 0 aliphatic rings. The minimum Gasteiger partial charge on any atom is -0.508 e. The summed E-state index contributed by atoms with van der Waals surface area (Å²) < 4.78 is 24.8. The number of aromatic hydroxyl groups is 2. The second-order valence-electron chi connectivity index (χ2n) is 4.48. The van der Waals surface area contributed by atoms with Crippen molar-refractivity contribution in [2.24, 2.45) is 0 Å². The van der Waals surface area contributed by atoms with Crippen LogP contribution in [0.25, 0.3) is 0 Å². The van der Waals surface area contributed by atoms with Gasteiger partial charge >= 0.3 is 0 Å². The number of aryl methyl sites for hydroxylation is 2. The maximum absolute atomic E-state index is 12.4. The van der Waals surface area contributed by atoms with Gasteiger partial charge in [-0.3, -0.25) is 0 Å². The minimum absolute atomic E-state index is 0.0378. The Kier molecular flexibility index (Phi) is 3.24. The van der Waals surface area contributed by atoms with Crippen LogP contribution in [0.5, 0.6) is 11.5 Å². The second kappa shape index (κ2) is 4.59. The molecule has 4 nitrogen and oxygen atoms in total. The quantitative estimate of drug-likeness (QED) is 0.885. The average Bonchev–Trinajstić information content (AvgIpc) is 2.26. The lowest BCUT2D eigenvalue weighted by Gasteiger charge is -2.08. The number of benzene rings is 2. The van der Waals surface area contributed by atoms with Gasteiger partial charge in [0, 0.05) is 0 Å². The van der Waals surface area contributed by atoms with E-state index in [1.165, 1.54) is 30.3 Å². The summed E-state index contributed by atoms with van der Waals surface area (Å²) in [5.41, 5.74) is 1.40. The molecule has 0 heterocycles. The summed E-state index contributed by atoms with van der Waals surface area (Å²) in [6.07, 6.45) is 0. The van der Waals surface area contributed by atoms with E-state index in [9.17, 15) is 18.6 Å². The number of phenolic OH excluding ortho intramolecular Hbond substituents is 2. The van der Waals surface area contributed by atoms with Gasteiger partial charge in [0.25, 0.3) is 0 Å². The van der Waals surface area contributed by atoms with E-state index in [0.29, 0.717) is 5.56 Å². The first-order valence-electron chi connectivity index (χ1n) is 5.66. The van der Waals surface area contributed by atoms with Crippen molar-refractivity contribution in [2.45, 2.75) is 23.6 Å². The molecular formula is C14H14O4S. The Bertz CT molecular complexity index is 713. The van der Waals surface area contributed by atoms with Crippen LogP contribution in [0.4, 0.5) is 0 Å². The van der Waals surface area contributed by atoms with Gasteiger partial charge in [-0.15, -0.1) is 0 Å². The first-order chi connectivity index (χ1) is 8.80. The highest BCUT2D eigenvalue weighted by atomic mass is 32.2. The van der Waals surface area contributed by atoms with Crippen LogP contribution >= 0.6 is 0 Å². The molecule has 0 saturated heterocycles. The van der Waals surface area contributed by atoms with E-state index >= 15 is 0 Å². The SMILES string of the molecule is Cc1cc(O)cc(S(=O)(=O)c2ccc(C)cc2O)c1. The molecule has 0 fully saturated rings. The van der Waals surface area contributed by atoms with Crippen LogP contribution in [0, 0.1) is 13.8 Å². The molecular weight excluding hydrogens is 264 g/mol. The molecule has 2 rings (SSSR count). The van der Waals surface area contributed by atoms with E-state index < -0.39 is 9.84 Å². The Labute approximate surface area is 111 Å². The van der Waals surface area contributed by atoms with E-state index in [0.717, 1.165) is 5.56 Å². The lowest BCUT2D eigenvalue weighted by molar-refractivity contribution is 0.457. The smallest absolute Gasteiger partial charge is 0.210 e. The van der Waals surface area contributed by atoms with Crippen molar-refractivity contribution in [3.8, 4) is 11.5 Å². The fraction of sp³-hybridized carbons (Fsp3) is 0.143. The first-order valence-corrected chi connectivity index (χ1v) is 7.14. The van der Waals surface area contributed by atoms with Crippen molar-refractivity contribution in [3.63, 3.8) is 0 Å². The highest BCUT2D eigenvalue weighted by molar-refractivity contribution is 7.91. The van der Waals surface area contributed by atoms with Crippen molar-refractivity contribution in [1.29, 1.82) is 0 Å². The number of sulfone groups is 1. The number of hydrogen-bond donors (Lipinski definition) is 2. The summed E-state index contributed by atoms with van der Waals surface area (Å²) in [6, 6.07) is 8.45. The fourth-order valence-electron chi connectivity index (χ4n) is 1.87. The van der Waals surface area contributed by atoms with Gasteiger partial charge in [0.1, 0.15) is 16.4 Å². The standard InChI is InChI=1S/C14H14O4S/c1-9-3-4-14(13(16)7-9)19(17,18)12-6-10(2)5-11(15)8-12/h3-8,15-16H,1-2H3. The summed E-state index contributed by atoms with van der Waals surface area (Å²) in [6.45, 7) is 3.45. The van der Waals surface area contributed by atoms with E-state index in [2.05, 4.69) is 0 Å². The normalized spacial score (nSPS) is 11.5.